The Kier molecular flexibility index (Phi) is 5.48. The van der Waals surface area contributed by atoms with Crippen LogP contribution in [0.5, 0.6) is 0 Å². The molecule has 2 aromatic rings. The van der Waals surface area contributed by atoms with Crippen molar-refractivity contribution in [3.8, 4) is 0 Å². The molecule has 0 amide bonds. The van der Waals surface area contributed by atoms with E-state index in [9.17, 15) is 0 Å². The van der Waals surface area contributed by atoms with Crippen LogP contribution in [0, 0.1) is 0 Å². The molecule has 2 atom stereocenters. The highest BCUT2D eigenvalue weighted by molar-refractivity contribution is 7.80. The Labute approximate surface area is 150 Å². The van der Waals surface area contributed by atoms with Gasteiger partial charge in [-0.25, -0.2) is 0 Å². The lowest BCUT2D eigenvalue weighted by Crippen LogP contribution is -3.12. The topological polar surface area (TPSA) is 19.7 Å². The highest BCUT2D eigenvalue weighted by atomic mass is 32.1. The van der Waals surface area contributed by atoms with Crippen molar-refractivity contribution in [2.45, 2.75) is 19.4 Å². The van der Waals surface area contributed by atoms with E-state index in [1.165, 1.54) is 11.1 Å². The van der Waals surface area contributed by atoms with Crippen molar-refractivity contribution < 1.29 is 4.90 Å². The van der Waals surface area contributed by atoms with E-state index in [0.29, 0.717) is 6.04 Å². The molecule has 1 aliphatic rings. The molecule has 2 aromatic carbocycles. The lowest BCUT2D eigenvalue weighted by atomic mass is 10.0. The number of quaternary nitrogens is 1. The maximum atomic E-state index is 5.78. The number of aryl methyl sites for hydroxylation is 1. The number of hydrogen-bond donors (Lipinski definition) is 2. The molecule has 1 saturated heterocycles. The summed E-state index contributed by atoms with van der Waals surface area (Å²) in [5.41, 5.74) is 3.77. The first-order valence-electron chi connectivity index (χ1n) is 8.70. The normalized spacial score (nSPS) is 20.7. The molecule has 0 aliphatic carbocycles. The van der Waals surface area contributed by atoms with Gasteiger partial charge in [0.1, 0.15) is 12.6 Å². The fraction of sp³-hybridized carbons (Fsp3) is 0.350. The molecule has 2 N–H and O–H groups in total. The van der Waals surface area contributed by atoms with E-state index < -0.39 is 0 Å². The van der Waals surface area contributed by atoms with Crippen LogP contribution in [0.4, 0.5) is 5.69 Å². The molecule has 3 rings (SSSR count). The van der Waals surface area contributed by atoms with Gasteiger partial charge in [0.25, 0.3) is 0 Å². The third-order valence-electron chi connectivity index (χ3n) is 4.78. The van der Waals surface area contributed by atoms with Crippen LogP contribution in [0.3, 0.4) is 0 Å². The second-order valence-corrected chi connectivity index (χ2v) is 6.86. The molecule has 24 heavy (non-hydrogen) atoms. The van der Waals surface area contributed by atoms with E-state index in [2.05, 4.69) is 78.8 Å². The number of para-hydroxylation sites is 1. The van der Waals surface area contributed by atoms with Gasteiger partial charge in [0, 0.05) is 5.69 Å². The quantitative estimate of drug-likeness (QED) is 0.838. The predicted molar refractivity (Wildman–Crippen MR) is 105 cm³/mol. The summed E-state index contributed by atoms with van der Waals surface area (Å²) in [6, 6.07) is 19.5. The summed E-state index contributed by atoms with van der Waals surface area (Å²) in [4.78, 5) is 3.90. The number of piperazine rings is 1. The van der Waals surface area contributed by atoms with Gasteiger partial charge in [-0.2, -0.15) is 0 Å². The molecule has 126 valence electrons. The minimum Gasteiger partial charge on any atom is -0.334 e. The Morgan fingerprint density at radius 1 is 1.17 bits per heavy atom. The smallest absolute Gasteiger partial charge is 0.174 e. The zero-order valence-corrected chi connectivity index (χ0v) is 15.3. The van der Waals surface area contributed by atoms with Gasteiger partial charge in [-0.1, -0.05) is 55.5 Å². The molecular weight excluding hydrogens is 314 g/mol. The summed E-state index contributed by atoms with van der Waals surface area (Å²) < 4.78 is 0. The van der Waals surface area contributed by atoms with Gasteiger partial charge in [0.2, 0.25) is 0 Å². The van der Waals surface area contributed by atoms with Crippen molar-refractivity contribution in [1.82, 2.24) is 4.90 Å². The second-order valence-electron chi connectivity index (χ2n) is 6.47. The van der Waals surface area contributed by atoms with Crippen LogP contribution in [0.1, 0.15) is 24.1 Å². The number of thiocarbonyl (C=S) groups is 1. The minimum absolute atomic E-state index is 0.328. The predicted octanol–water partition coefficient (Wildman–Crippen LogP) is 2.52. The Balaban J connectivity index is 1.81. The van der Waals surface area contributed by atoms with Crippen molar-refractivity contribution in [3.63, 3.8) is 0 Å². The van der Waals surface area contributed by atoms with Crippen LogP contribution in [-0.2, 0) is 6.42 Å². The van der Waals surface area contributed by atoms with Crippen LogP contribution in [0.2, 0.25) is 0 Å². The molecule has 0 bridgehead atoms. The Bertz CT molecular complexity index is 686. The molecule has 1 fully saturated rings. The van der Waals surface area contributed by atoms with Crippen molar-refractivity contribution in [2.24, 2.45) is 0 Å². The molecule has 0 aromatic heterocycles. The van der Waals surface area contributed by atoms with Crippen molar-refractivity contribution in [1.29, 1.82) is 0 Å². The van der Waals surface area contributed by atoms with E-state index >= 15 is 0 Å². The Morgan fingerprint density at radius 3 is 2.62 bits per heavy atom. The number of hydrogen-bond acceptors (Lipinski definition) is 1. The first-order valence-corrected chi connectivity index (χ1v) is 9.11. The highest BCUT2D eigenvalue weighted by Crippen LogP contribution is 2.23. The summed E-state index contributed by atoms with van der Waals surface area (Å²) in [6.45, 7) is 5.34. The number of rotatable bonds is 3. The Hall–Kier alpha value is -1.91. The number of nitrogens with one attached hydrogen (secondary N) is 2. The van der Waals surface area contributed by atoms with Crippen LogP contribution >= 0.6 is 12.2 Å². The third kappa shape index (κ3) is 3.77. The molecule has 0 saturated carbocycles. The summed E-state index contributed by atoms with van der Waals surface area (Å²) in [5.74, 6) is 0. The monoisotopic (exact) mass is 340 g/mol. The van der Waals surface area contributed by atoms with Gasteiger partial charge in [-0.15, -0.1) is 0 Å². The first-order chi connectivity index (χ1) is 11.7. The number of nitrogens with zero attached hydrogens (tertiary/aromatic N) is 1. The number of anilines is 1. The van der Waals surface area contributed by atoms with Crippen molar-refractivity contribution in [3.05, 3.63) is 65.7 Å². The molecule has 3 nitrogen and oxygen atoms in total. The average Bonchev–Trinajstić information content (AvgIpc) is 2.62. The van der Waals surface area contributed by atoms with Gasteiger partial charge in [-0.05, 0) is 35.8 Å². The summed E-state index contributed by atoms with van der Waals surface area (Å²) in [6.07, 6.45) is 1.00. The van der Waals surface area contributed by atoms with Crippen molar-refractivity contribution >= 4 is 23.0 Å². The number of benzene rings is 2. The lowest BCUT2D eigenvalue weighted by Gasteiger charge is -2.39. The minimum atomic E-state index is 0.328. The maximum Gasteiger partial charge on any atom is 0.174 e. The van der Waals surface area contributed by atoms with Gasteiger partial charge in [0.05, 0.1) is 20.1 Å². The molecule has 1 aliphatic heterocycles. The third-order valence-corrected chi connectivity index (χ3v) is 5.12. The zero-order chi connectivity index (χ0) is 16.9. The first kappa shape index (κ1) is 16.9. The molecule has 0 radical (unpaired) electrons. The van der Waals surface area contributed by atoms with Gasteiger partial charge >= 0.3 is 0 Å². The molecular formula is C20H26N3S+. The average molecular weight is 341 g/mol. The second kappa shape index (κ2) is 7.77. The summed E-state index contributed by atoms with van der Waals surface area (Å²) in [5, 5.41) is 4.32. The van der Waals surface area contributed by atoms with Gasteiger partial charge in [0.15, 0.2) is 5.11 Å². The molecule has 1 unspecified atom stereocenters. The van der Waals surface area contributed by atoms with Crippen LogP contribution in [0.15, 0.2) is 54.6 Å². The summed E-state index contributed by atoms with van der Waals surface area (Å²) >= 11 is 5.78. The van der Waals surface area contributed by atoms with Gasteiger partial charge in [-0.3, -0.25) is 0 Å². The zero-order valence-electron chi connectivity index (χ0n) is 14.5. The van der Waals surface area contributed by atoms with E-state index in [1.807, 2.05) is 0 Å². The number of likely N-dealkylation sites (N-methyl/N-ethyl adjacent to an activating group) is 1. The molecule has 0 spiro atoms. The van der Waals surface area contributed by atoms with Crippen LogP contribution < -0.4 is 10.2 Å². The van der Waals surface area contributed by atoms with Crippen LogP contribution in [0.25, 0.3) is 0 Å². The maximum absolute atomic E-state index is 5.78. The Morgan fingerprint density at radius 2 is 1.88 bits per heavy atom. The fourth-order valence-electron chi connectivity index (χ4n) is 3.36. The van der Waals surface area contributed by atoms with E-state index in [-0.39, 0.29) is 0 Å². The largest absolute Gasteiger partial charge is 0.334 e. The van der Waals surface area contributed by atoms with E-state index in [1.54, 1.807) is 4.90 Å². The molecule has 1 heterocycles. The lowest BCUT2D eigenvalue weighted by molar-refractivity contribution is -0.887. The molecule has 4 heteroatoms. The van der Waals surface area contributed by atoms with Gasteiger partial charge < -0.3 is 15.1 Å². The fourth-order valence-corrected chi connectivity index (χ4v) is 3.69. The standard InChI is InChI=1S/C20H25N3S/c1-3-16-9-7-8-12-18(16)21-20(24)23-14-13-22(2)15-19(23)17-10-5-4-6-11-17/h4-12,19H,3,13-15H2,1-2H3,(H,21,24)/p+1/t19-/m1/s1. The van der Waals surface area contributed by atoms with E-state index in [4.69, 9.17) is 12.2 Å². The highest BCUT2D eigenvalue weighted by Gasteiger charge is 2.31. The SMILES string of the molecule is CCc1ccccc1NC(=S)N1CC[NH+](C)C[C@@H]1c1ccccc1. The van der Waals surface area contributed by atoms with Crippen LogP contribution in [-0.4, -0.2) is 36.7 Å². The van der Waals surface area contributed by atoms with Crippen molar-refractivity contribution in [2.75, 3.05) is 32.0 Å². The van der Waals surface area contributed by atoms with E-state index in [0.717, 1.165) is 36.9 Å². The summed E-state index contributed by atoms with van der Waals surface area (Å²) in [7, 11) is 2.26.